The van der Waals surface area contributed by atoms with Crippen molar-refractivity contribution in [3.63, 3.8) is 0 Å². The van der Waals surface area contributed by atoms with Crippen molar-refractivity contribution >= 4 is 29.3 Å². The number of amides is 2. The second-order valence-electron chi connectivity index (χ2n) is 3.71. The molecule has 19 heavy (non-hydrogen) atoms. The van der Waals surface area contributed by atoms with E-state index in [9.17, 15) is 9.59 Å². The highest BCUT2D eigenvalue weighted by molar-refractivity contribution is 8.00. The van der Waals surface area contributed by atoms with Crippen LogP contribution < -0.4 is 11.1 Å². The number of hydrogen-bond donors (Lipinski definition) is 2. The molecule has 98 valence electrons. The van der Waals surface area contributed by atoms with E-state index in [4.69, 9.17) is 10.2 Å². The minimum atomic E-state index is -0.361. The molecule has 0 spiro atoms. The van der Waals surface area contributed by atoms with Crippen LogP contribution in [-0.4, -0.2) is 17.6 Å². The molecule has 0 aliphatic rings. The molecule has 1 aromatic heterocycles. The van der Waals surface area contributed by atoms with Crippen LogP contribution in [0.5, 0.6) is 0 Å². The van der Waals surface area contributed by atoms with Crippen LogP contribution in [0.3, 0.4) is 0 Å². The summed E-state index contributed by atoms with van der Waals surface area (Å²) in [6.07, 6.45) is 1.44. The van der Waals surface area contributed by atoms with Gasteiger partial charge in [-0.2, -0.15) is 0 Å². The molecule has 0 radical (unpaired) electrons. The zero-order chi connectivity index (χ0) is 13.7. The summed E-state index contributed by atoms with van der Waals surface area (Å²) in [4.78, 5) is 23.3. The predicted molar refractivity (Wildman–Crippen MR) is 73.0 cm³/mol. The maximum absolute atomic E-state index is 11.7. The molecular formula is C13H12N2O3S. The quantitative estimate of drug-likeness (QED) is 0.819. The summed E-state index contributed by atoms with van der Waals surface area (Å²) in [7, 11) is 0. The van der Waals surface area contributed by atoms with E-state index in [-0.39, 0.29) is 23.3 Å². The first-order valence-electron chi connectivity index (χ1n) is 5.51. The fraction of sp³-hybridized carbons (Fsp3) is 0.0769. The molecule has 0 saturated carbocycles. The Morgan fingerprint density at radius 1 is 1.21 bits per heavy atom. The van der Waals surface area contributed by atoms with Gasteiger partial charge in [0.05, 0.1) is 12.0 Å². The van der Waals surface area contributed by atoms with Gasteiger partial charge in [0.2, 0.25) is 5.91 Å². The maximum Gasteiger partial charge on any atom is 0.291 e. The van der Waals surface area contributed by atoms with Gasteiger partial charge in [-0.25, -0.2) is 0 Å². The molecular weight excluding hydrogens is 264 g/mol. The van der Waals surface area contributed by atoms with Gasteiger partial charge in [-0.3, -0.25) is 9.59 Å². The molecule has 1 heterocycles. The van der Waals surface area contributed by atoms with Gasteiger partial charge in [0, 0.05) is 10.6 Å². The largest absolute Gasteiger partial charge is 0.459 e. The average Bonchev–Trinajstić information content (AvgIpc) is 2.92. The standard InChI is InChI=1S/C13H12N2O3S/c14-12(16)8-19-10-5-3-9(4-6-10)15-13(17)11-2-1-7-18-11/h1-7H,8H2,(H2,14,16)(H,15,17). The molecule has 0 atom stereocenters. The van der Waals surface area contributed by atoms with Crippen LogP contribution in [0.4, 0.5) is 5.69 Å². The molecule has 5 nitrogen and oxygen atoms in total. The summed E-state index contributed by atoms with van der Waals surface area (Å²) in [5, 5.41) is 2.70. The molecule has 0 saturated heterocycles. The third-order valence-corrected chi connectivity index (χ3v) is 3.27. The minimum Gasteiger partial charge on any atom is -0.459 e. The topological polar surface area (TPSA) is 85.3 Å². The Kier molecular flexibility index (Phi) is 4.25. The van der Waals surface area contributed by atoms with Crippen molar-refractivity contribution in [2.75, 3.05) is 11.1 Å². The summed E-state index contributed by atoms with van der Waals surface area (Å²) < 4.78 is 4.99. The van der Waals surface area contributed by atoms with Crippen molar-refractivity contribution in [3.05, 3.63) is 48.4 Å². The Morgan fingerprint density at radius 3 is 2.53 bits per heavy atom. The number of thioether (sulfide) groups is 1. The SMILES string of the molecule is NC(=O)CSc1ccc(NC(=O)c2ccco2)cc1. The molecule has 0 aliphatic carbocycles. The number of carbonyl (C=O) groups is 2. The van der Waals surface area contributed by atoms with E-state index in [1.54, 1.807) is 24.3 Å². The molecule has 1 aromatic carbocycles. The van der Waals surface area contributed by atoms with Gasteiger partial charge in [-0.15, -0.1) is 11.8 Å². The molecule has 0 aliphatic heterocycles. The monoisotopic (exact) mass is 276 g/mol. The Balaban J connectivity index is 1.95. The number of nitrogens with one attached hydrogen (secondary N) is 1. The Bertz CT molecular complexity index is 564. The van der Waals surface area contributed by atoms with E-state index >= 15 is 0 Å². The van der Waals surface area contributed by atoms with Gasteiger partial charge in [0.25, 0.3) is 5.91 Å². The molecule has 0 fully saturated rings. The van der Waals surface area contributed by atoms with Crippen molar-refractivity contribution in [2.24, 2.45) is 5.73 Å². The van der Waals surface area contributed by atoms with Crippen LogP contribution in [0.25, 0.3) is 0 Å². The number of rotatable bonds is 5. The second kappa shape index (κ2) is 6.10. The van der Waals surface area contributed by atoms with Gasteiger partial charge >= 0.3 is 0 Å². The van der Waals surface area contributed by atoms with E-state index in [1.165, 1.54) is 18.0 Å². The highest BCUT2D eigenvalue weighted by atomic mass is 32.2. The lowest BCUT2D eigenvalue weighted by Crippen LogP contribution is -2.13. The number of benzene rings is 1. The maximum atomic E-state index is 11.7. The summed E-state index contributed by atoms with van der Waals surface area (Å²) in [6.45, 7) is 0. The fourth-order valence-electron chi connectivity index (χ4n) is 1.39. The van der Waals surface area contributed by atoms with Crippen LogP contribution in [-0.2, 0) is 4.79 Å². The molecule has 2 rings (SSSR count). The lowest BCUT2D eigenvalue weighted by Gasteiger charge is -2.04. The van der Waals surface area contributed by atoms with E-state index < -0.39 is 0 Å². The third-order valence-electron chi connectivity index (χ3n) is 2.24. The van der Waals surface area contributed by atoms with E-state index in [0.717, 1.165) is 4.90 Å². The molecule has 0 unspecified atom stereocenters. The summed E-state index contributed by atoms with van der Waals surface area (Å²) >= 11 is 1.35. The number of primary amides is 1. The van der Waals surface area contributed by atoms with Gasteiger partial charge in [0.15, 0.2) is 5.76 Å². The zero-order valence-electron chi connectivity index (χ0n) is 9.96. The summed E-state index contributed by atoms with van der Waals surface area (Å²) in [6, 6.07) is 10.4. The van der Waals surface area contributed by atoms with E-state index in [1.807, 2.05) is 12.1 Å². The third kappa shape index (κ3) is 3.89. The first-order valence-corrected chi connectivity index (χ1v) is 6.50. The van der Waals surface area contributed by atoms with Crippen LogP contribution in [0.2, 0.25) is 0 Å². The molecule has 0 bridgehead atoms. The van der Waals surface area contributed by atoms with Crippen LogP contribution >= 0.6 is 11.8 Å². The average molecular weight is 276 g/mol. The lowest BCUT2D eigenvalue weighted by molar-refractivity contribution is -0.115. The normalized spacial score (nSPS) is 10.1. The molecule has 2 amide bonds. The molecule has 3 N–H and O–H groups in total. The van der Waals surface area contributed by atoms with E-state index in [2.05, 4.69) is 5.32 Å². The van der Waals surface area contributed by atoms with Crippen molar-refractivity contribution < 1.29 is 14.0 Å². The summed E-state index contributed by atoms with van der Waals surface area (Å²) in [5.74, 6) is -0.173. The smallest absolute Gasteiger partial charge is 0.291 e. The molecule has 6 heteroatoms. The Labute approximate surface area is 114 Å². The summed E-state index contributed by atoms with van der Waals surface area (Å²) in [5.41, 5.74) is 5.72. The van der Waals surface area contributed by atoms with Crippen molar-refractivity contribution in [1.82, 2.24) is 0 Å². The van der Waals surface area contributed by atoms with Crippen LogP contribution in [0.1, 0.15) is 10.6 Å². The Morgan fingerprint density at radius 2 is 1.95 bits per heavy atom. The number of hydrogen-bond acceptors (Lipinski definition) is 4. The van der Waals surface area contributed by atoms with Crippen molar-refractivity contribution in [2.45, 2.75) is 4.90 Å². The fourth-order valence-corrected chi connectivity index (χ4v) is 2.03. The Hall–Kier alpha value is -2.21. The zero-order valence-corrected chi connectivity index (χ0v) is 10.8. The van der Waals surface area contributed by atoms with Gasteiger partial charge in [-0.1, -0.05) is 0 Å². The minimum absolute atomic E-state index is 0.234. The lowest BCUT2D eigenvalue weighted by atomic mass is 10.3. The highest BCUT2D eigenvalue weighted by Gasteiger charge is 2.08. The first-order chi connectivity index (χ1) is 9.15. The number of furan rings is 1. The number of carbonyl (C=O) groups excluding carboxylic acids is 2. The van der Waals surface area contributed by atoms with E-state index in [0.29, 0.717) is 5.69 Å². The van der Waals surface area contributed by atoms with Crippen LogP contribution in [0, 0.1) is 0 Å². The van der Waals surface area contributed by atoms with Gasteiger partial charge in [0.1, 0.15) is 0 Å². The van der Waals surface area contributed by atoms with Gasteiger partial charge in [-0.05, 0) is 36.4 Å². The van der Waals surface area contributed by atoms with Crippen LogP contribution in [0.15, 0.2) is 52.0 Å². The first kappa shape index (κ1) is 13.2. The highest BCUT2D eigenvalue weighted by Crippen LogP contribution is 2.20. The number of nitrogens with two attached hydrogens (primary N) is 1. The second-order valence-corrected chi connectivity index (χ2v) is 4.76. The van der Waals surface area contributed by atoms with Crippen molar-refractivity contribution in [3.8, 4) is 0 Å². The van der Waals surface area contributed by atoms with Gasteiger partial charge < -0.3 is 15.5 Å². The molecule has 2 aromatic rings. The van der Waals surface area contributed by atoms with Crippen molar-refractivity contribution in [1.29, 1.82) is 0 Å². The number of anilines is 1. The predicted octanol–water partition coefficient (Wildman–Crippen LogP) is 2.11.